The van der Waals surface area contributed by atoms with E-state index in [1.807, 2.05) is 46.4 Å². The summed E-state index contributed by atoms with van der Waals surface area (Å²) in [5, 5.41) is 9.36. The van der Waals surface area contributed by atoms with Crippen LogP contribution in [0.5, 0.6) is 0 Å². The zero-order chi connectivity index (χ0) is 23.6. The van der Waals surface area contributed by atoms with E-state index < -0.39 is 5.60 Å². The third kappa shape index (κ3) is 5.09. The molecule has 0 spiro atoms. The molecule has 0 amide bonds. The Kier molecular flexibility index (Phi) is 6.88. The number of halogens is 1. The lowest BCUT2D eigenvalue weighted by atomic mass is 9.86. The first kappa shape index (κ1) is 23.7. The predicted octanol–water partition coefficient (Wildman–Crippen LogP) is 5.43. The Bertz CT molecular complexity index is 1060. The fraction of sp³-hybridized carbons (Fsp3) is 0.500. The van der Waals surface area contributed by atoms with E-state index in [9.17, 15) is 14.4 Å². The van der Waals surface area contributed by atoms with Crippen molar-refractivity contribution in [3.05, 3.63) is 57.7 Å². The molecule has 0 N–H and O–H groups in total. The van der Waals surface area contributed by atoms with Crippen LogP contribution in [0, 0.1) is 43.8 Å². The number of piperidine rings is 1. The zero-order valence-corrected chi connectivity index (χ0v) is 19.9. The minimum absolute atomic E-state index is 0.334. The fourth-order valence-corrected chi connectivity index (χ4v) is 4.58. The van der Waals surface area contributed by atoms with E-state index in [2.05, 4.69) is 11.1 Å². The smallest absolute Gasteiger partial charge is 0.340 e. The maximum absolute atomic E-state index is 14.4. The fourth-order valence-electron chi connectivity index (χ4n) is 4.58. The van der Waals surface area contributed by atoms with Crippen LogP contribution in [0.15, 0.2) is 18.2 Å². The van der Waals surface area contributed by atoms with Crippen molar-refractivity contribution >= 4 is 11.7 Å². The number of carbonyl (C=O) groups is 1. The highest BCUT2D eigenvalue weighted by Gasteiger charge is 2.27. The molecular weight excluding hydrogens is 405 g/mol. The first-order chi connectivity index (χ1) is 15.0. The predicted molar refractivity (Wildman–Crippen MR) is 123 cm³/mol. The second kappa shape index (κ2) is 9.28. The molecule has 0 radical (unpaired) electrons. The number of carbonyl (C=O) groups excluding carboxylic acids is 1. The molecular formula is C26H32FN3O2. The molecule has 6 heteroatoms. The van der Waals surface area contributed by atoms with Gasteiger partial charge in [-0.1, -0.05) is 6.07 Å². The van der Waals surface area contributed by atoms with E-state index in [1.54, 1.807) is 12.1 Å². The molecule has 1 aromatic heterocycles. The Hall–Kier alpha value is -2.94. The summed E-state index contributed by atoms with van der Waals surface area (Å²) in [6.07, 6.45) is 2.58. The average Bonchev–Trinajstić information content (AvgIpc) is 2.70. The minimum atomic E-state index is -0.567. The van der Waals surface area contributed by atoms with Crippen molar-refractivity contribution in [2.75, 3.05) is 18.0 Å². The van der Waals surface area contributed by atoms with Gasteiger partial charge >= 0.3 is 5.97 Å². The first-order valence-electron chi connectivity index (χ1n) is 11.2. The highest BCUT2D eigenvalue weighted by molar-refractivity contribution is 5.93. The Morgan fingerprint density at radius 2 is 1.88 bits per heavy atom. The van der Waals surface area contributed by atoms with Gasteiger partial charge in [-0.05, 0) is 90.0 Å². The lowest BCUT2D eigenvalue weighted by molar-refractivity contribution is 0.00672. The molecule has 1 aromatic carbocycles. The Balaban J connectivity index is 1.78. The summed E-state index contributed by atoms with van der Waals surface area (Å²) in [6.45, 7) is 12.8. The summed E-state index contributed by atoms with van der Waals surface area (Å²) in [7, 11) is 0. The van der Waals surface area contributed by atoms with Crippen LogP contribution >= 0.6 is 0 Å². The largest absolute Gasteiger partial charge is 0.456 e. The number of pyridine rings is 1. The molecule has 1 aliphatic heterocycles. The quantitative estimate of drug-likeness (QED) is 0.597. The minimum Gasteiger partial charge on any atom is -0.456 e. The second-order valence-corrected chi connectivity index (χ2v) is 9.65. The van der Waals surface area contributed by atoms with Crippen LogP contribution < -0.4 is 4.90 Å². The number of rotatable bonds is 4. The molecule has 0 unspecified atom stereocenters. The number of nitrogens with zero attached hydrogens (tertiary/aromatic N) is 3. The van der Waals surface area contributed by atoms with Gasteiger partial charge in [-0.2, -0.15) is 5.26 Å². The highest BCUT2D eigenvalue weighted by Crippen LogP contribution is 2.32. The molecule has 2 aromatic rings. The third-order valence-corrected chi connectivity index (χ3v) is 6.10. The Morgan fingerprint density at radius 1 is 1.22 bits per heavy atom. The molecule has 5 nitrogen and oxygen atoms in total. The summed E-state index contributed by atoms with van der Waals surface area (Å²) in [4.78, 5) is 19.4. The van der Waals surface area contributed by atoms with Crippen molar-refractivity contribution in [1.82, 2.24) is 4.98 Å². The lowest BCUT2D eigenvalue weighted by Gasteiger charge is -2.34. The summed E-state index contributed by atoms with van der Waals surface area (Å²) in [6, 6.07) is 6.74. The number of esters is 1. The number of hydrogen-bond acceptors (Lipinski definition) is 5. The molecule has 1 saturated heterocycles. The topological polar surface area (TPSA) is 66.2 Å². The van der Waals surface area contributed by atoms with Crippen molar-refractivity contribution in [1.29, 1.82) is 5.26 Å². The maximum Gasteiger partial charge on any atom is 0.340 e. The number of nitriles is 1. The van der Waals surface area contributed by atoms with E-state index in [0.29, 0.717) is 41.5 Å². The van der Waals surface area contributed by atoms with Crippen LogP contribution in [0.25, 0.3) is 0 Å². The molecule has 1 aliphatic rings. The Morgan fingerprint density at radius 3 is 2.47 bits per heavy atom. The first-order valence-corrected chi connectivity index (χ1v) is 11.2. The molecule has 0 atom stereocenters. The van der Waals surface area contributed by atoms with Gasteiger partial charge in [0.15, 0.2) is 0 Å². The van der Waals surface area contributed by atoms with Crippen LogP contribution in [0.4, 0.5) is 10.1 Å². The third-order valence-electron chi connectivity index (χ3n) is 6.10. The van der Waals surface area contributed by atoms with Crippen molar-refractivity contribution in [2.45, 2.75) is 66.4 Å². The summed E-state index contributed by atoms with van der Waals surface area (Å²) < 4.78 is 20.0. The number of aromatic nitrogens is 1. The molecule has 32 heavy (non-hydrogen) atoms. The van der Waals surface area contributed by atoms with Crippen LogP contribution in [-0.4, -0.2) is 29.6 Å². The van der Waals surface area contributed by atoms with Gasteiger partial charge in [0.2, 0.25) is 0 Å². The molecule has 1 fully saturated rings. The summed E-state index contributed by atoms with van der Waals surface area (Å²) in [5.41, 5.74) is 4.44. The average molecular weight is 438 g/mol. The standard InChI is InChI=1S/C26H32FN3O2/c1-16-21(17(2)29-18(3)23(16)25(31)32-26(4,5)6)14-19-10-12-30(13-11-19)24-20(15-28)8-7-9-22(24)27/h7-9,19H,10-14H2,1-6H3. The summed E-state index contributed by atoms with van der Waals surface area (Å²) >= 11 is 0. The van der Waals surface area contributed by atoms with Gasteiger partial charge in [-0.25, -0.2) is 9.18 Å². The van der Waals surface area contributed by atoms with Crippen molar-refractivity contribution in [2.24, 2.45) is 5.92 Å². The van der Waals surface area contributed by atoms with Crippen LogP contribution in [0.1, 0.15) is 72.0 Å². The Labute approximate surface area is 190 Å². The number of aryl methyl sites for hydroxylation is 2. The lowest BCUT2D eigenvalue weighted by Crippen LogP contribution is -2.35. The number of anilines is 1. The van der Waals surface area contributed by atoms with E-state index in [4.69, 9.17) is 4.74 Å². The normalized spacial score (nSPS) is 14.9. The molecule has 3 rings (SSSR count). The van der Waals surface area contributed by atoms with Crippen LogP contribution in [0.2, 0.25) is 0 Å². The number of para-hydroxylation sites is 1. The summed E-state index contributed by atoms with van der Waals surface area (Å²) in [5.74, 6) is -0.282. The van der Waals surface area contributed by atoms with Crippen LogP contribution in [-0.2, 0) is 11.2 Å². The number of ether oxygens (including phenoxy) is 1. The monoisotopic (exact) mass is 437 g/mol. The van der Waals surface area contributed by atoms with Gasteiger partial charge in [-0.15, -0.1) is 0 Å². The van der Waals surface area contributed by atoms with Crippen molar-refractivity contribution in [3.8, 4) is 6.07 Å². The van der Waals surface area contributed by atoms with Crippen molar-refractivity contribution in [3.63, 3.8) is 0 Å². The van der Waals surface area contributed by atoms with Gasteiger partial charge < -0.3 is 9.64 Å². The number of benzene rings is 1. The van der Waals surface area contributed by atoms with Crippen LogP contribution in [0.3, 0.4) is 0 Å². The second-order valence-electron chi connectivity index (χ2n) is 9.65. The van der Waals surface area contributed by atoms with Crippen molar-refractivity contribution < 1.29 is 13.9 Å². The van der Waals surface area contributed by atoms with E-state index in [0.717, 1.165) is 36.1 Å². The van der Waals surface area contributed by atoms with Gasteiger partial charge in [0, 0.05) is 18.8 Å². The van der Waals surface area contributed by atoms with Gasteiger partial charge in [0.25, 0.3) is 0 Å². The number of hydrogen-bond donors (Lipinski definition) is 0. The molecule has 0 bridgehead atoms. The maximum atomic E-state index is 14.4. The molecule has 2 heterocycles. The SMILES string of the molecule is Cc1nc(C)c(C(=O)OC(C)(C)C)c(C)c1CC1CCN(c2c(F)cccc2C#N)CC1. The van der Waals surface area contributed by atoms with Gasteiger partial charge in [0.05, 0.1) is 22.5 Å². The highest BCUT2D eigenvalue weighted by atomic mass is 19.1. The molecule has 0 aliphatic carbocycles. The molecule has 170 valence electrons. The van der Waals surface area contributed by atoms with E-state index in [-0.39, 0.29) is 11.8 Å². The van der Waals surface area contributed by atoms with Gasteiger partial charge in [0.1, 0.15) is 17.5 Å². The van der Waals surface area contributed by atoms with Gasteiger partial charge in [-0.3, -0.25) is 4.98 Å². The molecule has 0 saturated carbocycles. The van der Waals surface area contributed by atoms with E-state index in [1.165, 1.54) is 6.07 Å². The zero-order valence-electron chi connectivity index (χ0n) is 19.9. The van der Waals surface area contributed by atoms with E-state index >= 15 is 0 Å².